The van der Waals surface area contributed by atoms with E-state index in [1.165, 1.54) is 12.1 Å². The number of carbonyl (C=O) groups is 1. The summed E-state index contributed by atoms with van der Waals surface area (Å²) >= 11 is 0. The summed E-state index contributed by atoms with van der Waals surface area (Å²) in [6, 6.07) is 15.3. The second-order valence-corrected chi connectivity index (χ2v) is 5.97. The largest absolute Gasteiger partial charge is 0.388 e. The third kappa shape index (κ3) is 5.15. The van der Waals surface area contributed by atoms with E-state index in [1.54, 1.807) is 24.3 Å². The molecule has 0 radical (unpaired) electrons. The van der Waals surface area contributed by atoms with Gasteiger partial charge >= 0.3 is 0 Å². The molecule has 0 bridgehead atoms. The van der Waals surface area contributed by atoms with Crippen molar-refractivity contribution in [3.63, 3.8) is 0 Å². The van der Waals surface area contributed by atoms with E-state index in [0.29, 0.717) is 6.54 Å². The van der Waals surface area contributed by atoms with E-state index in [4.69, 9.17) is 0 Å². The van der Waals surface area contributed by atoms with E-state index in [2.05, 4.69) is 5.32 Å². The lowest BCUT2D eigenvalue weighted by atomic mass is 10.0. The van der Waals surface area contributed by atoms with E-state index in [9.17, 15) is 14.3 Å². The molecule has 2 unspecified atom stereocenters. The van der Waals surface area contributed by atoms with E-state index in [-0.39, 0.29) is 24.2 Å². The lowest BCUT2D eigenvalue weighted by molar-refractivity contribution is -0.123. The van der Waals surface area contributed by atoms with Gasteiger partial charge in [-0.25, -0.2) is 4.39 Å². The zero-order valence-corrected chi connectivity index (χ0v) is 13.9. The average molecular weight is 330 g/mol. The number of carbonyl (C=O) groups excluding carboxylic acids is 1. The summed E-state index contributed by atoms with van der Waals surface area (Å²) in [5, 5.41) is 12.9. The molecule has 2 aromatic carbocycles. The van der Waals surface area contributed by atoms with Crippen LogP contribution in [-0.4, -0.2) is 36.6 Å². The molecule has 0 fully saturated rings. The molecule has 2 aromatic rings. The van der Waals surface area contributed by atoms with Gasteiger partial charge < -0.3 is 15.3 Å². The van der Waals surface area contributed by atoms with Crippen molar-refractivity contribution in [1.29, 1.82) is 0 Å². The highest BCUT2D eigenvalue weighted by Gasteiger charge is 2.17. The fourth-order valence-electron chi connectivity index (χ4n) is 2.53. The van der Waals surface area contributed by atoms with E-state index in [0.717, 1.165) is 11.1 Å². The van der Waals surface area contributed by atoms with Crippen molar-refractivity contribution >= 4 is 5.91 Å². The van der Waals surface area contributed by atoms with Gasteiger partial charge in [-0.1, -0.05) is 42.5 Å². The molecular weight excluding hydrogens is 307 g/mol. The van der Waals surface area contributed by atoms with Gasteiger partial charge in [0.2, 0.25) is 5.91 Å². The molecule has 0 aromatic heterocycles. The molecule has 0 saturated heterocycles. The highest BCUT2D eigenvalue weighted by atomic mass is 19.1. The summed E-state index contributed by atoms with van der Waals surface area (Å²) in [5.74, 6) is -0.508. The summed E-state index contributed by atoms with van der Waals surface area (Å²) < 4.78 is 13.1. The SMILES string of the molecule is CN(C)C(CNC(=O)CC(O)c1ccccc1)c1ccc(F)cc1. The lowest BCUT2D eigenvalue weighted by Crippen LogP contribution is -2.35. The van der Waals surface area contributed by atoms with Gasteiger partial charge in [-0.2, -0.15) is 0 Å². The Balaban J connectivity index is 1.92. The van der Waals surface area contributed by atoms with Crippen LogP contribution < -0.4 is 5.32 Å². The summed E-state index contributed by atoms with van der Waals surface area (Å²) in [6.07, 6.45) is -0.817. The minimum Gasteiger partial charge on any atom is -0.388 e. The minimum atomic E-state index is -0.824. The molecule has 2 N–H and O–H groups in total. The molecule has 1 amide bonds. The van der Waals surface area contributed by atoms with Crippen molar-refractivity contribution in [2.75, 3.05) is 20.6 Å². The summed E-state index contributed by atoms with van der Waals surface area (Å²) in [6.45, 7) is 0.388. The smallest absolute Gasteiger partial charge is 0.223 e. The molecule has 0 saturated carbocycles. The third-order valence-electron chi connectivity index (χ3n) is 3.93. The van der Waals surface area contributed by atoms with Crippen molar-refractivity contribution in [1.82, 2.24) is 10.2 Å². The van der Waals surface area contributed by atoms with Crippen LogP contribution in [0.2, 0.25) is 0 Å². The number of hydrogen-bond donors (Lipinski definition) is 2. The Bertz CT molecular complexity index is 644. The van der Waals surface area contributed by atoms with Crippen LogP contribution in [0.3, 0.4) is 0 Å². The fraction of sp³-hybridized carbons (Fsp3) is 0.316. The quantitative estimate of drug-likeness (QED) is 0.821. The van der Waals surface area contributed by atoms with Crippen molar-refractivity contribution in [2.45, 2.75) is 18.6 Å². The number of hydrogen-bond acceptors (Lipinski definition) is 3. The number of amides is 1. The van der Waals surface area contributed by atoms with Crippen molar-refractivity contribution in [3.05, 3.63) is 71.5 Å². The van der Waals surface area contributed by atoms with Crippen LogP contribution in [0.1, 0.15) is 29.7 Å². The van der Waals surface area contributed by atoms with E-state index < -0.39 is 6.10 Å². The molecule has 5 heteroatoms. The van der Waals surface area contributed by atoms with Gasteiger partial charge in [-0.3, -0.25) is 4.79 Å². The molecule has 128 valence electrons. The predicted molar refractivity (Wildman–Crippen MR) is 91.9 cm³/mol. The number of rotatable bonds is 7. The van der Waals surface area contributed by atoms with Crippen molar-refractivity contribution in [3.8, 4) is 0 Å². The molecule has 0 heterocycles. The van der Waals surface area contributed by atoms with Crippen LogP contribution in [-0.2, 0) is 4.79 Å². The Labute approximate surface area is 141 Å². The molecular formula is C19H23FN2O2. The molecule has 0 spiro atoms. The van der Waals surface area contributed by atoms with Gasteiger partial charge in [-0.15, -0.1) is 0 Å². The Morgan fingerprint density at radius 2 is 1.71 bits per heavy atom. The van der Waals surface area contributed by atoms with Crippen LogP contribution in [0, 0.1) is 5.82 Å². The molecule has 0 aliphatic heterocycles. The van der Waals surface area contributed by atoms with Crippen LogP contribution in [0.4, 0.5) is 4.39 Å². The van der Waals surface area contributed by atoms with Gasteiger partial charge in [0.1, 0.15) is 5.82 Å². The first-order valence-electron chi connectivity index (χ1n) is 7.89. The maximum atomic E-state index is 13.1. The van der Waals surface area contributed by atoms with E-state index in [1.807, 2.05) is 37.2 Å². The standard InChI is InChI=1S/C19H23FN2O2/c1-22(2)17(14-8-10-16(20)11-9-14)13-21-19(24)12-18(23)15-6-4-3-5-7-15/h3-11,17-18,23H,12-13H2,1-2H3,(H,21,24). The lowest BCUT2D eigenvalue weighted by Gasteiger charge is -2.25. The third-order valence-corrected chi connectivity index (χ3v) is 3.93. The molecule has 4 nitrogen and oxygen atoms in total. The van der Waals surface area contributed by atoms with Gasteiger partial charge in [0, 0.05) is 6.54 Å². The zero-order chi connectivity index (χ0) is 17.5. The average Bonchev–Trinajstić information content (AvgIpc) is 2.57. The first kappa shape index (κ1) is 18.1. The topological polar surface area (TPSA) is 52.6 Å². The maximum absolute atomic E-state index is 13.1. The van der Waals surface area contributed by atoms with E-state index >= 15 is 0 Å². The fourth-order valence-corrected chi connectivity index (χ4v) is 2.53. The second kappa shape index (κ2) is 8.57. The Morgan fingerprint density at radius 3 is 2.29 bits per heavy atom. The molecule has 0 aliphatic rings. The van der Waals surface area contributed by atoms with Crippen LogP contribution >= 0.6 is 0 Å². The monoisotopic (exact) mass is 330 g/mol. The second-order valence-electron chi connectivity index (χ2n) is 5.97. The number of nitrogens with one attached hydrogen (secondary N) is 1. The molecule has 24 heavy (non-hydrogen) atoms. The van der Waals surface area contributed by atoms with Gasteiger partial charge in [0.25, 0.3) is 0 Å². The van der Waals surface area contributed by atoms with Crippen LogP contribution in [0.5, 0.6) is 0 Å². The number of aliphatic hydroxyl groups excluding tert-OH is 1. The maximum Gasteiger partial charge on any atom is 0.223 e. The van der Waals surface area contributed by atoms with Gasteiger partial charge in [0.15, 0.2) is 0 Å². The first-order valence-corrected chi connectivity index (χ1v) is 7.89. The number of nitrogens with zero attached hydrogens (tertiary/aromatic N) is 1. The minimum absolute atomic E-state index is 0.00752. The van der Waals surface area contributed by atoms with Crippen molar-refractivity contribution < 1.29 is 14.3 Å². The Morgan fingerprint density at radius 1 is 1.08 bits per heavy atom. The van der Waals surface area contributed by atoms with Crippen LogP contribution in [0.25, 0.3) is 0 Å². The number of aliphatic hydroxyl groups is 1. The van der Waals surface area contributed by atoms with Gasteiger partial charge in [-0.05, 0) is 37.4 Å². The number of halogens is 1. The number of benzene rings is 2. The first-order chi connectivity index (χ1) is 11.5. The highest BCUT2D eigenvalue weighted by molar-refractivity contribution is 5.76. The normalized spacial score (nSPS) is 13.5. The highest BCUT2D eigenvalue weighted by Crippen LogP contribution is 2.19. The van der Waals surface area contributed by atoms with Crippen molar-refractivity contribution in [2.24, 2.45) is 0 Å². The summed E-state index contributed by atoms with van der Waals surface area (Å²) in [7, 11) is 3.80. The zero-order valence-electron chi connectivity index (χ0n) is 13.9. The molecule has 2 atom stereocenters. The van der Waals surface area contributed by atoms with Crippen LogP contribution in [0.15, 0.2) is 54.6 Å². The molecule has 0 aliphatic carbocycles. The predicted octanol–water partition coefficient (Wildman–Crippen LogP) is 2.67. The number of likely N-dealkylation sites (N-methyl/N-ethyl adjacent to an activating group) is 1. The Kier molecular flexibility index (Phi) is 6.46. The van der Waals surface area contributed by atoms with Gasteiger partial charge in [0.05, 0.1) is 18.6 Å². The summed E-state index contributed by atoms with van der Waals surface area (Å²) in [5.41, 5.74) is 1.64. The molecule has 2 rings (SSSR count). The Hall–Kier alpha value is -2.24. The summed E-state index contributed by atoms with van der Waals surface area (Å²) in [4.78, 5) is 14.0.